The van der Waals surface area contributed by atoms with Crippen LogP contribution < -0.4 is 0 Å². The van der Waals surface area contributed by atoms with Gasteiger partial charge in [0.2, 0.25) is 0 Å². The predicted octanol–water partition coefficient (Wildman–Crippen LogP) is 3.18. The first-order valence-electron chi connectivity index (χ1n) is 4.14. The summed E-state index contributed by atoms with van der Waals surface area (Å²) in [5.74, 6) is 0. The van der Waals surface area contributed by atoms with Gasteiger partial charge < -0.3 is 0 Å². The summed E-state index contributed by atoms with van der Waals surface area (Å²) in [5, 5.41) is 3.29. The van der Waals surface area contributed by atoms with Crippen LogP contribution >= 0.6 is 11.3 Å². The molecule has 0 aliphatic heterocycles. The molecule has 2 rings (SSSR count). The van der Waals surface area contributed by atoms with E-state index in [9.17, 15) is 0 Å². The van der Waals surface area contributed by atoms with E-state index in [1.54, 1.807) is 11.3 Å². The molecule has 1 aliphatic rings. The van der Waals surface area contributed by atoms with E-state index in [2.05, 4.69) is 28.6 Å². The predicted molar refractivity (Wildman–Crippen MR) is 53.2 cm³/mol. The molecule has 1 nitrogen and oxygen atoms in total. The average Bonchev–Trinajstić information content (AvgIpc) is 2.54. The fourth-order valence-electron chi connectivity index (χ4n) is 1.33. The van der Waals surface area contributed by atoms with Gasteiger partial charge in [-0.05, 0) is 25.3 Å². The van der Waals surface area contributed by atoms with Gasteiger partial charge in [0.25, 0.3) is 0 Å². The van der Waals surface area contributed by atoms with Gasteiger partial charge in [0.1, 0.15) is 0 Å². The molecule has 0 saturated carbocycles. The van der Waals surface area contributed by atoms with Crippen molar-refractivity contribution in [1.82, 2.24) is 4.98 Å². The Bertz CT molecular complexity index is 333. The number of thiazole rings is 1. The molecular formula is C10H11NS. The van der Waals surface area contributed by atoms with E-state index in [1.165, 1.54) is 11.3 Å². The second-order valence-corrected chi connectivity index (χ2v) is 3.97. The molecule has 0 saturated heterocycles. The lowest BCUT2D eigenvalue weighted by molar-refractivity contribution is 1.04. The summed E-state index contributed by atoms with van der Waals surface area (Å²) >= 11 is 1.72. The van der Waals surface area contributed by atoms with Crippen molar-refractivity contribution in [3.63, 3.8) is 0 Å². The van der Waals surface area contributed by atoms with Gasteiger partial charge in [-0.25, -0.2) is 4.98 Å². The molecule has 62 valence electrons. The molecule has 0 spiro atoms. The van der Waals surface area contributed by atoms with Crippen LogP contribution in [0.1, 0.15) is 23.5 Å². The molecule has 1 aromatic rings. The number of aromatic nitrogens is 1. The molecule has 0 bridgehead atoms. The van der Waals surface area contributed by atoms with Crippen LogP contribution in [-0.2, 0) is 0 Å². The summed E-state index contributed by atoms with van der Waals surface area (Å²) in [5.41, 5.74) is 2.55. The molecule has 0 atom stereocenters. The topological polar surface area (TPSA) is 12.9 Å². The first-order valence-corrected chi connectivity index (χ1v) is 5.02. The number of aryl methyl sites for hydroxylation is 1. The molecule has 1 heterocycles. The van der Waals surface area contributed by atoms with Gasteiger partial charge in [-0.15, -0.1) is 11.3 Å². The van der Waals surface area contributed by atoms with Crippen molar-refractivity contribution in [3.8, 4) is 0 Å². The third-order valence-corrected chi connectivity index (χ3v) is 2.74. The van der Waals surface area contributed by atoms with Crippen molar-refractivity contribution in [2.24, 2.45) is 0 Å². The lowest BCUT2D eigenvalue weighted by atomic mass is 10.0. The molecule has 0 unspecified atom stereocenters. The first-order chi connectivity index (χ1) is 5.86. The van der Waals surface area contributed by atoms with E-state index in [-0.39, 0.29) is 0 Å². The largest absolute Gasteiger partial charge is 0.242 e. The summed E-state index contributed by atoms with van der Waals surface area (Å²) in [7, 11) is 0. The van der Waals surface area contributed by atoms with E-state index in [4.69, 9.17) is 0 Å². The van der Waals surface area contributed by atoms with E-state index >= 15 is 0 Å². The third-order valence-electron chi connectivity index (χ3n) is 1.96. The Morgan fingerprint density at radius 1 is 1.50 bits per heavy atom. The lowest BCUT2D eigenvalue weighted by Gasteiger charge is -2.04. The number of nitrogens with zero attached hydrogens (tertiary/aromatic N) is 1. The van der Waals surface area contributed by atoms with E-state index < -0.39 is 0 Å². The Balaban J connectivity index is 2.30. The highest BCUT2D eigenvalue weighted by atomic mass is 32.1. The van der Waals surface area contributed by atoms with Crippen molar-refractivity contribution < 1.29 is 0 Å². The summed E-state index contributed by atoms with van der Waals surface area (Å²) in [4.78, 5) is 4.45. The van der Waals surface area contributed by atoms with Crippen LogP contribution in [0.2, 0.25) is 0 Å². The summed E-state index contributed by atoms with van der Waals surface area (Å²) in [6.45, 7) is 2.05. The highest BCUT2D eigenvalue weighted by Gasteiger charge is 2.05. The second-order valence-electron chi connectivity index (χ2n) is 2.91. The maximum absolute atomic E-state index is 4.45. The minimum atomic E-state index is 1.14. The lowest BCUT2D eigenvalue weighted by Crippen LogP contribution is -1.87. The van der Waals surface area contributed by atoms with Gasteiger partial charge in [-0.1, -0.05) is 18.2 Å². The van der Waals surface area contributed by atoms with E-state index in [0.717, 1.165) is 17.8 Å². The van der Waals surface area contributed by atoms with Crippen LogP contribution in [0.4, 0.5) is 0 Å². The van der Waals surface area contributed by atoms with Crippen LogP contribution in [0, 0.1) is 6.92 Å². The van der Waals surface area contributed by atoms with Gasteiger partial charge in [0, 0.05) is 5.38 Å². The molecule has 0 aromatic carbocycles. The Labute approximate surface area is 76.5 Å². The molecule has 1 aliphatic carbocycles. The standard InChI is InChI=1S/C10H11NS/c1-8-11-10(7-12-8)9-5-3-2-4-6-9/h2-3,5,7H,4,6H2,1H3. The van der Waals surface area contributed by atoms with Crippen LogP contribution in [0.5, 0.6) is 0 Å². The Morgan fingerprint density at radius 2 is 2.42 bits per heavy atom. The maximum atomic E-state index is 4.45. The Hall–Kier alpha value is -0.890. The monoisotopic (exact) mass is 177 g/mol. The second kappa shape index (κ2) is 3.23. The molecule has 12 heavy (non-hydrogen) atoms. The van der Waals surface area contributed by atoms with Crippen LogP contribution in [0.3, 0.4) is 0 Å². The number of rotatable bonds is 1. The van der Waals surface area contributed by atoms with Crippen molar-refractivity contribution >= 4 is 16.9 Å². The quantitative estimate of drug-likeness (QED) is 0.642. The van der Waals surface area contributed by atoms with Gasteiger partial charge in [-0.2, -0.15) is 0 Å². The zero-order valence-corrected chi connectivity index (χ0v) is 7.90. The zero-order chi connectivity index (χ0) is 8.39. The van der Waals surface area contributed by atoms with Crippen molar-refractivity contribution in [2.75, 3.05) is 0 Å². The summed E-state index contributed by atoms with van der Waals surface area (Å²) < 4.78 is 0. The number of hydrogen-bond acceptors (Lipinski definition) is 2. The number of allylic oxidation sites excluding steroid dienone is 4. The molecular weight excluding hydrogens is 166 g/mol. The van der Waals surface area contributed by atoms with Gasteiger partial charge in [0.15, 0.2) is 0 Å². The average molecular weight is 177 g/mol. The molecule has 2 heteroatoms. The van der Waals surface area contributed by atoms with E-state index in [1.807, 2.05) is 6.92 Å². The number of hydrogen-bond donors (Lipinski definition) is 0. The maximum Gasteiger partial charge on any atom is 0.0901 e. The Morgan fingerprint density at radius 3 is 3.00 bits per heavy atom. The van der Waals surface area contributed by atoms with Gasteiger partial charge in [-0.3, -0.25) is 0 Å². The van der Waals surface area contributed by atoms with E-state index in [0.29, 0.717) is 0 Å². The van der Waals surface area contributed by atoms with Crippen molar-refractivity contribution in [2.45, 2.75) is 19.8 Å². The van der Waals surface area contributed by atoms with Gasteiger partial charge >= 0.3 is 0 Å². The van der Waals surface area contributed by atoms with Crippen LogP contribution in [0.15, 0.2) is 23.6 Å². The Kier molecular flexibility index (Phi) is 2.09. The highest BCUT2D eigenvalue weighted by Crippen LogP contribution is 2.24. The fraction of sp³-hybridized carbons (Fsp3) is 0.300. The first kappa shape index (κ1) is 7.74. The van der Waals surface area contributed by atoms with Crippen LogP contribution in [0.25, 0.3) is 5.57 Å². The molecule has 0 fully saturated rings. The molecule has 0 radical (unpaired) electrons. The smallest absolute Gasteiger partial charge is 0.0901 e. The highest BCUT2D eigenvalue weighted by molar-refractivity contribution is 7.09. The fourth-order valence-corrected chi connectivity index (χ4v) is 1.96. The van der Waals surface area contributed by atoms with Crippen molar-refractivity contribution in [1.29, 1.82) is 0 Å². The summed E-state index contributed by atoms with van der Waals surface area (Å²) in [6.07, 6.45) is 8.77. The SMILES string of the molecule is Cc1nc(C2=CC=CCC2)cs1. The van der Waals surface area contributed by atoms with Gasteiger partial charge in [0.05, 0.1) is 10.7 Å². The van der Waals surface area contributed by atoms with Crippen molar-refractivity contribution in [3.05, 3.63) is 34.3 Å². The minimum absolute atomic E-state index is 1.14. The molecule has 1 aromatic heterocycles. The molecule has 0 N–H and O–H groups in total. The molecule has 0 amide bonds. The summed E-state index contributed by atoms with van der Waals surface area (Å²) in [6, 6.07) is 0. The minimum Gasteiger partial charge on any atom is -0.242 e. The normalized spacial score (nSPS) is 16.2. The van der Waals surface area contributed by atoms with Crippen LogP contribution in [-0.4, -0.2) is 4.98 Å². The third kappa shape index (κ3) is 1.48. The zero-order valence-electron chi connectivity index (χ0n) is 7.08.